The summed E-state index contributed by atoms with van der Waals surface area (Å²) in [5.74, 6) is 5.66. The molecule has 1 N–H and O–H groups in total. The van der Waals surface area contributed by atoms with Gasteiger partial charge in [0.2, 0.25) is 0 Å². The standard InChI is InChI=1S/C16H10ClN3OS/c17-13-5-1-3-11(9-13)4-2-8-18-16(21)12-6-7-14-15(10-12)20-22-19-14/h1,3,5-7,9-10H,8H2,(H,18,21). The summed E-state index contributed by atoms with van der Waals surface area (Å²) in [5.41, 5.74) is 2.88. The summed E-state index contributed by atoms with van der Waals surface area (Å²) in [5, 5.41) is 3.39. The van der Waals surface area contributed by atoms with Crippen LogP contribution in [0.4, 0.5) is 0 Å². The molecule has 0 atom stereocenters. The average Bonchev–Trinajstić information content (AvgIpc) is 2.99. The molecule has 0 bridgehead atoms. The molecule has 1 aromatic heterocycles. The summed E-state index contributed by atoms with van der Waals surface area (Å²) in [4.78, 5) is 12.0. The minimum absolute atomic E-state index is 0.185. The zero-order valence-electron chi connectivity index (χ0n) is 11.3. The van der Waals surface area contributed by atoms with Gasteiger partial charge in [-0.15, -0.1) is 0 Å². The number of amides is 1. The van der Waals surface area contributed by atoms with Crippen LogP contribution in [0.25, 0.3) is 11.0 Å². The van der Waals surface area contributed by atoms with Crippen LogP contribution < -0.4 is 5.32 Å². The minimum Gasteiger partial charge on any atom is -0.341 e. The lowest BCUT2D eigenvalue weighted by Gasteiger charge is -2.00. The summed E-state index contributed by atoms with van der Waals surface area (Å²) in [6, 6.07) is 12.5. The molecule has 4 nitrogen and oxygen atoms in total. The van der Waals surface area contributed by atoms with Crippen molar-refractivity contribution in [2.45, 2.75) is 0 Å². The summed E-state index contributed by atoms with van der Waals surface area (Å²) < 4.78 is 8.22. The van der Waals surface area contributed by atoms with Crippen molar-refractivity contribution in [3.05, 3.63) is 58.6 Å². The second-order valence-corrected chi connectivity index (χ2v) is 5.43. The first-order valence-electron chi connectivity index (χ1n) is 6.47. The van der Waals surface area contributed by atoms with Gasteiger partial charge in [0.15, 0.2) is 0 Å². The van der Waals surface area contributed by atoms with Gasteiger partial charge >= 0.3 is 0 Å². The van der Waals surface area contributed by atoms with E-state index in [2.05, 4.69) is 25.9 Å². The molecule has 0 spiro atoms. The van der Waals surface area contributed by atoms with Crippen LogP contribution in [0.15, 0.2) is 42.5 Å². The van der Waals surface area contributed by atoms with Crippen LogP contribution in [-0.4, -0.2) is 21.2 Å². The molecule has 0 unspecified atom stereocenters. The Balaban J connectivity index is 1.63. The smallest absolute Gasteiger partial charge is 0.252 e. The SMILES string of the molecule is O=C(NCC#Cc1cccc(Cl)c1)c1ccc2nsnc2c1. The Bertz CT molecular complexity index is 895. The van der Waals surface area contributed by atoms with Crippen LogP contribution in [0.3, 0.4) is 0 Å². The lowest BCUT2D eigenvalue weighted by atomic mass is 10.2. The Hall–Kier alpha value is -2.42. The van der Waals surface area contributed by atoms with Gasteiger partial charge in [0, 0.05) is 16.1 Å². The molecule has 6 heteroatoms. The Labute approximate surface area is 136 Å². The van der Waals surface area contributed by atoms with E-state index in [0.717, 1.165) is 28.3 Å². The van der Waals surface area contributed by atoms with E-state index in [1.807, 2.05) is 12.1 Å². The molecule has 108 valence electrons. The fourth-order valence-corrected chi connectivity index (χ4v) is 2.57. The van der Waals surface area contributed by atoms with Gasteiger partial charge in [0.05, 0.1) is 18.3 Å². The molecule has 3 rings (SSSR count). The summed E-state index contributed by atoms with van der Waals surface area (Å²) in [7, 11) is 0. The second kappa shape index (κ2) is 6.56. The van der Waals surface area contributed by atoms with Crippen molar-refractivity contribution in [2.24, 2.45) is 0 Å². The maximum atomic E-state index is 12.0. The number of hydrogen-bond donors (Lipinski definition) is 1. The van der Waals surface area contributed by atoms with Gasteiger partial charge in [-0.1, -0.05) is 29.5 Å². The first kappa shape index (κ1) is 14.5. The van der Waals surface area contributed by atoms with Crippen molar-refractivity contribution in [3.8, 4) is 11.8 Å². The van der Waals surface area contributed by atoms with Crippen LogP contribution in [0.1, 0.15) is 15.9 Å². The quantitative estimate of drug-likeness (QED) is 0.736. The summed E-state index contributed by atoms with van der Waals surface area (Å²) in [6.07, 6.45) is 0. The van der Waals surface area contributed by atoms with Gasteiger partial charge in [0.1, 0.15) is 11.0 Å². The first-order valence-corrected chi connectivity index (χ1v) is 7.58. The van der Waals surface area contributed by atoms with E-state index in [-0.39, 0.29) is 12.5 Å². The van der Waals surface area contributed by atoms with Crippen LogP contribution in [0.5, 0.6) is 0 Å². The van der Waals surface area contributed by atoms with Crippen LogP contribution in [-0.2, 0) is 0 Å². The molecule has 0 aliphatic heterocycles. The Morgan fingerprint density at radius 2 is 2.05 bits per heavy atom. The molecule has 0 aliphatic carbocycles. The van der Waals surface area contributed by atoms with E-state index in [4.69, 9.17) is 11.6 Å². The van der Waals surface area contributed by atoms with E-state index < -0.39 is 0 Å². The van der Waals surface area contributed by atoms with Crippen LogP contribution >= 0.6 is 23.3 Å². The van der Waals surface area contributed by atoms with Gasteiger partial charge in [-0.05, 0) is 36.4 Å². The Morgan fingerprint density at radius 3 is 2.91 bits per heavy atom. The topological polar surface area (TPSA) is 54.9 Å². The third kappa shape index (κ3) is 3.42. The van der Waals surface area contributed by atoms with Crippen molar-refractivity contribution in [3.63, 3.8) is 0 Å². The van der Waals surface area contributed by atoms with Crippen molar-refractivity contribution in [1.82, 2.24) is 14.1 Å². The van der Waals surface area contributed by atoms with Crippen molar-refractivity contribution in [2.75, 3.05) is 6.54 Å². The molecule has 2 aromatic carbocycles. The molecular weight excluding hydrogens is 318 g/mol. The molecule has 0 saturated heterocycles. The zero-order valence-corrected chi connectivity index (χ0v) is 12.9. The molecule has 1 heterocycles. The van der Waals surface area contributed by atoms with Crippen molar-refractivity contribution >= 4 is 40.3 Å². The highest BCUT2D eigenvalue weighted by atomic mass is 35.5. The summed E-state index contributed by atoms with van der Waals surface area (Å²) in [6.45, 7) is 0.263. The van der Waals surface area contributed by atoms with Gasteiger partial charge in [-0.2, -0.15) is 8.75 Å². The number of carbonyl (C=O) groups is 1. The second-order valence-electron chi connectivity index (χ2n) is 4.46. The third-order valence-electron chi connectivity index (χ3n) is 2.91. The number of carbonyl (C=O) groups excluding carboxylic acids is 1. The van der Waals surface area contributed by atoms with E-state index in [1.54, 1.807) is 30.3 Å². The van der Waals surface area contributed by atoms with E-state index >= 15 is 0 Å². The Kier molecular flexibility index (Phi) is 4.33. The number of benzene rings is 2. The number of aromatic nitrogens is 2. The predicted molar refractivity (Wildman–Crippen MR) is 88.1 cm³/mol. The molecular formula is C16H10ClN3OS. The number of nitrogens with zero attached hydrogens (tertiary/aromatic N) is 2. The highest BCUT2D eigenvalue weighted by Gasteiger charge is 2.06. The zero-order chi connectivity index (χ0) is 15.4. The molecule has 0 radical (unpaired) electrons. The van der Waals surface area contributed by atoms with Gasteiger partial charge < -0.3 is 5.32 Å². The van der Waals surface area contributed by atoms with Gasteiger partial charge in [-0.3, -0.25) is 4.79 Å². The maximum Gasteiger partial charge on any atom is 0.252 e. The highest BCUT2D eigenvalue weighted by Crippen LogP contribution is 2.13. The van der Waals surface area contributed by atoms with Crippen molar-refractivity contribution in [1.29, 1.82) is 0 Å². The monoisotopic (exact) mass is 327 g/mol. The number of halogens is 1. The van der Waals surface area contributed by atoms with Gasteiger partial charge in [0.25, 0.3) is 5.91 Å². The number of fused-ring (bicyclic) bond motifs is 1. The molecule has 22 heavy (non-hydrogen) atoms. The number of nitrogens with one attached hydrogen (secondary N) is 1. The predicted octanol–water partition coefficient (Wildman–Crippen LogP) is 3.13. The fraction of sp³-hybridized carbons (Fsp3) is 0.0625. The van der Waals surface area contributed by atoms with E-state index in [9.17, 15) is 4.79 Å². The molecule has 0 fully saturated rings. The highest BCUT2D eigenvalue weighted by molar-refractivity contribution is 7.00. The Morgan fingerprint density at radius 1 is 1.18 bits per heavy atom. The first-order chi connectivity index (χ1) is 10.7. The largest absolute Gasteiger partial charge is 0.341 e. The van der Waals surface area contributed by atoms with E-state index in [1.165, 1.54) is 0 Å². The minimum atomic E-state index is -0.185. The number of rotatable bonds is 2. The summed E-state index contributed by atoms with van der Waals surface area (Å²) >= 11 is 7.01. The lowest BCUT2D eigenvalue weighted by Crippen LogP contribution is -2.23. The molecule has 3 aromatic rings. The molecule has 0 saturated carbocycles. The van der Waals surface area contributed by atoms with Crippen LogP contribution in [0, 0.1) is 11.8 Å². The fourth-order valence-electron chi connectivity index (χ4n) is 1.86. The lowest BCUT2D eigenvalue weighted by molar-refractivity contribution is 0.0959. The third-order valence-corrected chi connectivity index (χ3v) is 3.70. The van der Waals surface area contributed by atoms with Crippen molar-refractivity contribution < 1.29 is 4.79 Å². The molecule has 0 aliphatic rings. The van der Waals surface area contributed by atoms with Gasteiger partial charge in [-0.25, -0.2) is 0 Å². The average molecular weight is 328 g/mol. The molecule has 1 amide bonds. The number of hydrogen-bond acceptors (Lipinski definition) is 4. The maximum absolute atomic E-state index is 12.0. The normalized spacial score (nSPS) is 10.0. The van der Waals surface area contributed by atoms with Crippen LogP contribution in [0.2, 0.25) is 5.02 Å². The van der Waals surface area contributed by atoms with E-state index in [0.29, 0.717) is 10.6 Å².